The zero-order valence-electron chi connectivity index (χ0n) is 10.4. The van der Waals surface area contributed by atoms with E-state index >= 15 is 0 Å². The summed E-state index contributed by atoms with van der Waals surface area (Å²) in [7, 11) is 1.88. The van der Waals surface area contributed by atoms with Crippen molar-refractivity contribution in [1.82, 2.24) is 5.32 Å². The Kier molecular flexibility index (Phi) is 4.55. The van der Waals surface area contributed by atoms with Gasteiger partial charge in [-0.05, 0) is 44.0 Å². The van der Waals surface area contributed by atoms with E-state index in [9.17, 15) is 5.26 Å². The zero-order chi connectivity index (χ0) is 13.0. The van der Waals surface area contributed by atoms with Crippen LogP contribution in [-0.4, -0.2) is 17.8 Å². The minimum atomic E-state index is -0.294. The van der Waals surface area contributed by atoms with E-state index < -0.39 is 0 Å². The van der Waals surface area contributed by atoms with Gasteiger partial charge in [-0.15, -0.1) is 0 Å². The highest BCUT2D eigenvalue weighted by molar-refractivity contribution is 7.99. The maximum atomic E-state index is 9.21. The van der Waals surface area contributed by atoms with Crippen molar-refractivity contribution in [2.75, 3.05) is 7.05 Å². The molecule has 18 heavy (non-hydrogen) atoms. The Labute approximate surface area is 118 Å². The Balaban J connectivity index is 1.86. The smallest absolute Gasteiger partial charge is 0.107 e. The van der Waals surface area contributed by atoms with Crippen LogP contribution in [0.25, 0.3) is 0 Å². The number of nitrogens with zero attached hydrogens (tertiary/aromatic N) is 1. The fraction of sp³-hybridized carbons (Fsp3) is 0.500. The van der Waals surface area contributed by atoms with Crippen LogP contribution < -0.4 is 5.32 Å². The van der Waals surface area contributed by atoms with Gasteiger partial charge in [0.2, 0.25) is 0 Å². The number of nitrogens with one attached hydrogen (secondary N) is 1. The summed E-state index contributed by atoms with van der Waals surface area (Å²) in [5, 5.41) is 13.7. The van der Waals surface area contributed by atoms with Gasteiger partial charge in [0.25, 0.3) is 0 Å². The van der Waals surface area contributed by atoms with Gasteiger partial charge in [0.15, 0.2) is 0 Å². The Bertz CT molecular complexity index is 440. The number of benzene rings is 1. The lowest BCUT2D eigenvalue weighted by molar-refractivity contribution is 0.464. The fourth-order valence-corrected chi connectivity index (χ4v) is 3.76. The molecular formula is C14H17ClN2S. The number of rotatable bonds is 4. The van der Waals surface area contributed by atoms with E-state index in [1.807, 2.05) is 30.9 Å². The van der Waals surface area contributed by atoms with Gasteiger partial charge >= 0.3 is 0 Å². The largest absolute Gasteiger partial charge is 0.302 e. The molecule has 0 saturated heterocycles. The normalized spacial score (nSPS) is 27.1. The van der Waals surface area contributed by atoms with Gasteiger partial charge in [0.1, 0.15) is 5.54 Å². The van der Waals surface area contributed by atoms with E-state index in [1.54, 1.807) is 0 Å². The third kappa shape index (κ3) is 3.20. The summed E-state index contributed by atoms with van der Waals surface area (Å²) in [6.45, 7) is 0. The van der Waals surface area contributed by atoms with Crippen LogP contribution in [0.2, 0.25) is 5.02 Å². The molecule has 0 amide bonds. The van der Waals surface area contributed by atoms with E-state index in [4.69, 9.17) is 11.6 Å². The summed E-state index contributed by atoms with van der Waals surface area (Å²) in [5.74, 6) is 0.993. The van der Waals surface area contributed by atoms with Crippen LogP contribution >= 0.6 is 23.4 Å². The quantitative estimate of drug-likeness (QED) is 0.915. The van der Waals surface area contributed by atoms with Crippen LogP contribution in [0.5, 0.6) is 0 Å². The summed E-state index contributed by atoms with van der Waals surface area (Å²) >= 11 is 7.80. The molecule has 2 nitrogen and oxygen atoms in total. The van der Waals surface area contributed by atoms with E-state index in [0.29, 0.717) is 5.25 Å². The molecule has 1 saturated carbocycles. The van der Waals surface area contributed by atoms with E-state index in [2.05, 4.69) is 23.5 Å². The Morgan fingerprint density at radius 2 is 2.22 bits per heavy atom. The molecule has 0 bridgehead atoms. The summed E-state index contributed by atoms with van der Waals surface area (Å²) in [6.07, 6.45) is 3.02. The van der Waals surface area contributed by atoms with E-state index in [-0.39, 0.29) is 5.54 Å². The first-order valence-electron chi connectivity index (χ1n) is 6.14. The Hall–Kier alpha value is -0.690. The van der Waals surface area contributed by atoms with Gasteiger partial charge in [-0.25, -0.2) is 0 Å². The summed E-state index contributed by atoms with van der Waals surface area (Å²) < 4.78 is 0. The van der Waals surface area contributed by atoms with Crippen molar-refractivity contribution in [2.45, 2.75) is 35.8 Å². The van der Waals surface area contributed by atoms with Crippen LogP contribution in [0.3, 0.4) is 0 Å². The molecule has 1 aliphatic carbocycles. The molecule has 1 aromatic rings. The highest BCUT2D eigenvalue weighted by atomic mass is 35.5. The molecule has 1 aliphatic rings. The van der Waals surface area contributed by atoms with Crippen LogP contribution in [0.15, 0.2) is 24.3 Å². The van der Waals surface area contributed by atoms with Crippen LogP contribution in [0, 0.1) is 11.3 Å². The topological polar surface area (TPSA) is 35.8 Å². The Morgan fingerprint density at radius 3 is 2.78 bits per heavy atom. The lowest BCUT2D eigenvalue weighted by Crippen LogP contribution is -2.38. The number of halogens is 1. The molecule has 0 heterocycles. The van der Waals surface area contributed by atoms with Crippen LogP contribution in [0.4, 0.5) is 0 Å². The maximum Gasteiger partial charge on any atom is 0.107 e. The predicted octanol–water partition coefficient (Wildman–Crippen LogP) is 3.61. The van der Waals surface area contributed by atoms with Gasteiger partial charge in [-0.1, -0.05) is 23.7 Å². The highest BCUT2D eigenvalue weighted by Gasteiger charge is 2.38. The molecule has 1 fully saturated rings. The van der Waals surface area contributed by atoms with Crippen molar-refractivity contribution < 1.29 is 0 Å². The molecule has 0 aromatic heterocycles. The molecule has 96 valence electrons. The second kappa shape index (κ2) is 5.97. The standard InChI is InChI=1S/C14H17ClN2S/c1-17-14(10-16)7-6-13(8-14)18-9-11-2-4-12(15)5-3-11/h2-5,13,17H,6-9H2,1H3. The minimum absolute atomic E-state index is 0.294. The number of hydrogen-bond acceptors (Lipinski definition) is 3. The molecule has 2 unspecified atom stereocenters. The third-order valence-electron chi connectivity index (χ3n) is 3.56. The average Bonchev–Trinajstić information content (AvgIpc) is 2.82. The van der Waals surface area contributed by atoms with E-state index in [1.165, 1.54) is 5.56 Å². The first-order valence-corrected chi connectivity index (χ1v) is 7.56. The Morgan fingerprint density at radius 1 is 1.50 bits per heavy atom. The molecule has 0 aliphatic heterocycles. The number of hydrogen-bond donors (Lipinski definition) is 1. The highest BCUT2D eigenvalue weighted by Crippen LogP contribution is 2.37. The number of thioether (sulfide) groups is 1. The molecule has 0 radical (unpaired) electrons. The van der Waals surface area contributed by atoms with Crippen LogP contribution in [0.1, 0.15) is 24.8 Å². The monoisotopic (exact) mass is 280 g/mol. The van der Waals surface area contributed by atoms with Gasteiger partial charge in [-0.2, -0.15) is 17.0 Å². The fourth-order valence-electron chi connectivity index (χ4n) is 2.32. The molecule has 2 atom stereocenters. The predicted molar refractivity (Wildman–Crippen MR) is 77.8 cm³/mol. The van der Waals surface area contributed by atoms with Crippen molar-refractivity contribution in [2.24, 2.45) is 0 Å². The second-order valence-corrected chi connectivity index (χ2v) is 6.47. The molecular weight excluding hydrogens is 264 g/mol. The van der Waals surface area contributed by atoms with Crippen molar-refractivity contribution in [3.05, 3.63) is 34.9 Å². The summed E-state index contributed by atoms with van der Waals surface area (Å²) in [5.41, 5.74) is 1.00. The molecule has 4 heteroatoms. The first kappa shape index (κ1) is 13.7. The van der Waals surface area contributed by atoms with Gasteiger partial charge in [0.05, 0.1) is 6.07 Å². The second-order valence-electron chi connectivity index (χ2n) is 4.75. The maximum absolute atomic E-state index is 9.21. The minimum Gasteiger partial charge on any atom is -0.302 e. The molecule has 1 aromatic carbocycles. The van der Waals surface area contributed by atoms with Gasteiger partial charge in [-0.3, -0.25) is 0 Å². The summed E-state index contributed by atoms with van der Waals surface area (Å²) in [6, 6.07) is 10.4. The first-order chi connectivity index (χ1) is 8.67. The van der Waals surface area contributed by atoms with Crippen molar-refractivity contribution >= 4 is 23.4 Å². The number of nitriles is 1. The molecule has 2 rings (SSSR count). The summed E-state index contributed by atoms with van der Waals surface area (Å²) in [4.78, 5) is 0. The van der Waals surface area contributed by atoms with Crippen molar-refractivity contribution in [1.29, 1.82) is 5.26 Å². The van der Waals surface area contributed by atoms with Crippen molar-refractivity contribution in [3.8, 4) is 6.07 Å². The lowest BCUT2D eigenvalue weighted by atomic mass is 10.0. The van der Waals surface area contributed by atoms with Crippen molar-refractivity contribution in [3.63, 3.8) is 0 Å². The molecule has 0 spiro atoms. The lowest BCUT2D eigenvalue weighted by Gasteiger charge is -2.19. The third-order valence-corrected chi connectivity index (χ3v) is 5.19. The van der Waals surface area contributed by atoms with Crippen LogP contribution in [-0.2, 0) is 5.75 Å². The van der Waals surface area contributed by atoms with E-state index in [0.717, 1.165) is 30.0 Å². The van der Waals surface area contributed by atoms with Gasteiger partial charge < -0.3 is 5.32 Å². The average molecular weight is 281 g/mol. The molecule has 1 N–H and O–H groups in total. The zero-order valence-corrected chi connectivity index (χ0v) is 12.0. The SMILES string of the molecule is CNC1(C#N)CCC(SCc2ccc(Cl)cc2)C1. The van der Waals surface area contributed by atoms with Gasteiger partial charge in [0, 0.05) is 16.0 Å².